The lowest BCUT2D eigenvalue weighted by atomic mass is 10.1. The first-order valence-electron chi connectivity index (χ1n) is 8.06. The summed E-state index contributed by atoms with van der Waals surface area (Å²) >= 11 is 0. The molecule has 0 aliphatic heterocycles. The van der Waals surface area contributed by atoms with E-state index in [2.05, 4.69) is 17.6 Å². The lowest BCUT2D eigenvalue weighted by molar-refractivity contribution is 0.102. The molecule has 5 nitrogen and oxygen atoms in total. The lowest BCUT2D eigenvalue weighted by Crippen LogP contribution is -2.17. The summed E-state index contributed by atoms with van der Waals surface area (Å²) in [7, 11) is 1.62. The molecule has 0 aromatic heterocycles. The Kier molecular flexibility index (Phi) is 9.62. The van der Waals surface area contributed by atoms with Crippen molar-refractivity contribution in [1.82, 2.24) is 5.32 Å². The molecule has 2 rings (SSSR count). The maximum absolute atomic E-state index is 12.5. The number of ether oxygens (including phenoxy) is 2. The summed E-state index contributed by atoms with van der Waals surface area (Å²) in [6, 6.07) is 14.9. The predicted molar refractivity (Wildman–Crippen MR) is 103 cm³/mol. The summed E-state index contributed by atoms with van der Waals surface area (Å²) < 4.78 is 10.5. The standard InChI is InChI=1S/C19H24N2O3.ClH/c1-3-20-14-16-7-4-5-10-18(16)21-19(22)15-8-6-9-17(13-15)24-12-11-23-2;/h4-10,13,20H,3,11-12,14H2,1-2H3,(H,21,22);1H. The van der Waals surface area contributed by atoms with Crippen LogP contribution in [-0.2, 0) is 11.3 Å². The van der Waals surface area contributed by atoms with Gasteiger partial charge < -0.3 is 20.1 Å². The average Bonchev–Trinajstić information content (AvgIpc) is 2.61. The van der Waals surface area contributed by atoms with Crippen molar-refractivity contribution in [3.63, 3.8) is 0 Å². The number of anilines is 1. The molecular formula is C19H25ClN2O3. The van der Waals surface area contributed by atoms with Gasteiger partial charge in [-0.2, -0.15) is 0 Å². The molecule has 0 aliphatic rings. The topological polar surface area (TPSA) is 59.6 Å². The van der Waals surface area contributed by atoms with Crippen molar-refractivity contribution in [1.29, 1.82) is 0 Å². The molecule has 0 spiro atoms. The molecule has 2 aromatic rings. The number of hydrogen-bond acceptors (Lipinski definition) is 4. The Labute approximate surface area is 155 Å². The monoisotopic (exact) mass is 364 g/mol. The van der Waals surface area contributed by atoms with E-state index in [4.69, 9.17) is 9.47 Å². The second kappa shape index (κ2) is 11.5. The summed E-state index contributed by atoms with van der Waals surface area (Å²) in [5, 5.41) is 6.24. The minimum absolute atomic E-state index is 0. The Balaban J connectivity index is 0.00000312. The van der Waals surface area contributed by atoms with Crippen LogP contribution in [0.5, 0.6) is 5.75 Å². The molecule has 6 heteroatoms. The van der Waals surface area contributed by atoms with Crippen LogP contribution in [0, 0.1) is 0 Å². The Morgan fingerprint density at radius 1 is 1.08 bits per heavy atom. The first-order chi connectivity index (χ1) is 11.7. The molecular weight excluding hydrogens is 340 g/mol. The van der Waals surface area contributed by atoms with E-state index < -0.39 is 0 Å². The number of halogens is 1. The fourth-order valence-corrected chi connectivity index (χ4v) is 2.22. The van der Waals surface area contributed by atoms with Crippen LogP contribution >= 0.6 is 12.4 Å². The molecule has 0 unspecified atom stereocenters. The molecule has 0 saturated heterocycles. The van der Waals surface area contributed by atoms with Gasteiger partial charge in [0.1, 0.15) is 12.4 Å². The van der Waals surface area contributed by atoms with Gasteiger partial charge in [0, 0.05) is 24.9 Å². The Morgan fingerprint density at radius 2 is 1.88 bits per heavy atom. The van der Waals surface area contributed by atoms with Gasteiger partial charge in [0.2, 0.25) is 0 Å². The molecule has 136 valence electrons. The van der Waals surface area contributed by atoms with E-state index in [1.54, 1.807) is 19.2 Å². The highest BCUT2D eigenvalue weighted by Crippen LogP contribution is 2.18. The highest BCUT2D eigenvalue weighted by Gasteiger charge is 2.09. The maximum Gasteiger partial charge on any atom is 0.255 e. The highest BCUT2D eigenvalue weighted by molar-refractivity contribution is 6.04. The van der Waals surface area contributed by atoms with Crippen molar-refractivity contribution < 1.29 is 14.3 Å². The zero-order valence-corrected chi connectivity index (χ0v) is 15.4. The van der Waals surface area contributed by atoms with Crippen molar-refractivity contribution in [3.05, 3.63) is 59.7 Å². The van der Waals surface area contributed by atoms with E-state index in [0.717, 1.165) is 17.8 Å². The van der Waals surface area contributed by atoms with Gasteiger partial charge in [-0.1, -0.05) is 31.2 Å². The third-order valence-electron chi connectivity index (χ3n) is 3.48. The van der Waals surface area contributed by atoms with E-state index in [0.29, 0.717) is 31.1 Å². The molecule has 2 aromatic carbocycles. The number of carbonyl (C=O) groups excluding carboxylic acids is 1. The fourth-order valence-electron chi connectivity index (χ4n) is 2.22. The number of nitrogens with one attached hydrogen (secondary N) is 2. The first-order valence-corrected chi connectivity index (χ1v) is 8.06. The number of para-hydroxylation sites is 1. The van der Waals surface area contributed by atoms with Crippen LogP contribution in [0.2, 0.25) is 0 Å². The van der Waals surface area contributed by atoms with Gasteiger partial charge in [-0.3, -0.25) is 4.79 Å². The molecule has 0 saturated carbocycles. The quantitative estimate of drug-likeness (QED) is 0.669. The van der Waals surface area contributed by atoms with Crippen molar-refractivity contribution >= 4 is 24.0 Å². The van der Waals surface area contributed by atoms with Crippen LogP contribution < -0.4 is 15.4 Å². The van der Waals surface area contributed by atoms with Crippen LogP contribution in [0.25, 0.3) is 0 Å². The summed E-state index contributed by atoms with van der Waals surface area (Å²) in [6.07, 6.45) is 0. The Morgan fingerprint density at radius 3 is 2.64 bits per heavy atom. The van der Waals surface area contributed by atoms with Crippen molar-refractivity contribution in [3.8, 4) is 5.75 Å². The van der Waals surface area contributed by atoms with Crippen LogP contribution in [0.3, 0.4) is 0 Å². The normalized spacial score (nSPS) is 10.0. The molecule has 25 heavy (non-hydrogen) atoms. The summed E-state index contributed by atoms with van der Waals surface area (Å²) in [6.45, 7) is 4.61. The van der Waals surface area contributed by atoms with Crippen molar-refractivity contribution in [2.75, 3.05) is 32.2 Å². The highest BCUT2D eigenvalue weighted by atomic mass is 35.5. The first kappa shape index (κ1) is 21.0. The molecule has 0 bridgehead atoms. The van der Waals surface area contributed by atoms with E-state index >= 15 is 0 Å². The van der Waals surface area contributed by atoms with E-state index in [-0.39, 0.29) is 18.3 Å². The van der Waals surface area contributed by atoms with Gasteiger partial charge >= 0.3 is 0 Å². The van der Waals surface area contributed by atoms with E-state index in [9.17, 15) is 4.79 Å². The third kappa shape index (κ3) is 6.74. The summed E-state index contributed by atoms with van der Waals surface area (Å²) in [5.41, 5.74) is 2.43. The number of methoxy groups -OCH3 is 1. The Bertz CT molecular complexity index is 665. The minimum atomic E-state index is -0.156. The largest absolute Gasteiger partial charge is 0.491 e. The molecule has 1 amide bonds. The van der Waals surface area contributed by atoms with Gasteiger partial charge in [0.15, 0.2) is 0 Å². The average molecular weight is 365 g/mol. The number of rotatable bonds is 9. The smallest absolute Gasteiger partial charge is 0.255 e. The second-order valence-electron chi connectivity index (χ2n) is 5.26. The predicted octanol–water partition coefficient (Wildman–Crippen LogP) is 3.50. The fraction of sp³-hybridized carbons (Fsp3) is 0.316. The van der Waals surface area contributed by atoms with Gasteiger partial charge in [0.25, 0.3) is 5.91 Å². The number of benzene rings is 2. The number of hydrogen-bond donors (Lipinski definition) is 2. The molecule has 0 heterocycles. The van der Waals surface area contributed by atoms with Crippen LogP contribution in [0.1, 0.15) is 22.8 Å². The van der Waals surface area contributed by atoms with Gasteiger partial charge in [-0.05, 0) is 36.4 Å². The van der Waals surface area contributed by atoms with E-state index in [1.807, 2.05) is 36.4 Å². The number of carbonyl (C=O) groups is 1. The van der Waals surface area contributed by atoms with Gasteiger partial charge in [-0.25, -0.2) is 0 Å². The maximum atomic E-state index is 12.5. The summed E-state index contributed by atoms with van der Waals surface area (Å²) in [4.78, 5) is 12.5. The molecule has 0 aliphatic carbocycles. The summed E-state index contributed by atoms with van der Waals surface area (Å²) in [5.74, 6) is 0.497. The minimum Gasteiger partial charge on any atom is -0.491 e. The molecule has 0 atom stereocenters. The lowest BCUT2D eigenvalue weighted by Gasteiger charge is -2.12. The van der Waals surface area contributed by atoms with Crippen molar-refractivity contribution in [2.45, 2.75) is 13.5 Å². The zero-order chi connectivity index (χ0) is 17.2. The number of amides is 1. The van der Waals surface area contributed by atoms with E-state index in [1.165, 1.54) is 0 Å². The van der Waals surface area contributed by atoms with Crippen LogP contribution in [-0.4, -0.2) is 32.8 Å². The van der Waals surface area contributed by atoms with Crippen molar-refractivity contribution in [2.24, 2.45) is 0 Å². The zero-order valence-electron chi connectivity index (χ0n) is 14.6. The molecule has 0 radical (unpaired) electrons. The van der Waals surface area contributed by atoms with Crippen LogP contribution in [0.15, 0.2) is 48.5 Å². The van der Waals surface area contributed by atoms with Crippen LogP contribution in [0.4, 0.5) is 5.69 Å². The second-order valence-corrected chi connectivity index (χ2v) is 5.26. The Hall–Kier alpha value is -2.08. The molecule has 2 N–H and O–H groups in total. The van der Waals surface area contributed by atoms with Gasteiger partial charge in [0.05, 0.1) is 6.61 Å². The third-order valence-corrected chi connectivity index (χ3v) is 3.48. The molecule has 0 fully saturated rings. The van der Waals surface area contributed by atoms with Gasteiger partial charge in [-0.15, -0.1) is 12.4 Å². The SMILES string of the molecule is CCNCc1ccccc1NC(=O)c1cccc(OCCOC)c1.Cl.